The van der Waals surface area contributed by atoms with Crippen molar-refractivity contribution in [2.75, 3.05) is 27.3 Å². The van der Waals surface area contributed by atoms with Crippen LogP contribution < -0.4 is 4.74 Å². The average molecular weight is 300 g/mol. The Bertz CT molecular complexity index is 435. The van der Waals surface area contributed by atoms with Crippen LogP contribution in [0.1, 0.15) is 37.4 Å². The summed E-state index contributed by atoms with van der Waals surface area (Å²) in [5.74, 6) is 0.973. The van der Waals surface area contributed by atoms with Crippen molar-refractivity contribution in [2.24, 2.45) is 5.92 Å². The summed E-state index contributed by atoms with van der Waals surface area (Å²) >= 11 is 6.28. The average Bonchev–Trinajstić information content (AvgIpc) is 2.40. The van der Waals surface area contributed by atoms with Gasteiger partial charge in [0, 0.05) is 23.2 Å². The van der Waals surface area contributed by atoms with Gasteiger partial charge in [-0.1, -0.05) is 25.4 Å². The fourth-order valence-electron chi connectivity index (χ4n) is 2.43. The molecule has 1 aromatic carbocycles. The highest BCUT2D eigenvalue weighted by Crippen LogP contribution is 2.37. The van der Waals surface area contributed by atoms with Crippen LogP contribution in [-0.4, -0.2) is 37.3 Å². The second-order valence-corrected chi connectivity index (χ2v) is 5.96. The molecule has 0 aliphatic carbocycles. The fraction of sp³-hybridized carbons (Fsp3) is 0.625. The standard InChI is InChI=1S/C16H26ClNO2/c1-6-7-20-15-8-11(2)14(17)9-13(15)16(18(4)5)12(3)10-19/h8-9,12,16,19H,6-7,10H2,1-5H3. The summed E-state index contributed by atoms with van der Waals surface area (Å²) in [6.07, 6.45) is 0.962. The minimum atomic E-state index is 0.0740. The summed E-state index contributed by atoms with van der Waals surface area (Å²) in [6.45, 7) is 6.90. The van der Waals surface area contributed by atoms with Gasteiger partial charge in [-0.05, 0) is 51.1 Å². The van der Waals surface area contributed by atoms with Crippen LogP contribution in [0.15, 0.2) is 12.1 Å². The second kappa shape index (κ2) is 7.87. The van der Waals surface area contributed by atoms with Gasteiger partial charge < -0.3 is 14.7 Å². The lowest BCUT2D eigenvalue weighted by molar-refractivity contribution is 0.142. The number of aryl methyl sites for hydroxylation is 1. The first-order valence-electron chi connectivity index (χ1n) is 7.12. The first-order valence-corrected chi connectivity index (χ1v) is 7.50. The molecule has 0 saturated carbocycles. The van der Waals surface area contributed by atoms with Gasteiger partial charge in [-0.3, -0.25) is 0 Å². The highest BCUT2D eigenvalue weighted by Gasteiger charge is 2.25. The first kappa shape index (κ1) is 17.3. The maximum Gasteiger partial charge on any atom is 0.124 e. The monoisotopic (exact) mass is 299 g/mol. The molecule has 3 nitrogen and oxygen atoms in total. The van der Waals surface area contributed by atoms with Crippen LogP contribution in [0.2, 0.25) is 5.02 Å². The van der Waals surface area contributed by atoms with Gasteiger partial charge in [0.2, 0.25) is 0 Å². The Morgan fingerprint density at radius 3 is 2.50 bits per heavy atom. The van der Waals surface area contributed by atoms with Gasteiger partial charge in [-0.25, -0.2) is 0 Å². The van der Waals surface area contributed by atoms with Crippen molar-refractivity contribution in [1.29, 1.82) is 0 Å². The van der Waals surface area contributed by atoms with E-state index in [4.69, 9.17) is 16.3 Å². The maximum absolute atomic E-state index is 9.51. The number of aliphatic hydroxyl groups excluding tert-OH is 1. The number of halogens is 1. The molecular weight excluding hydrogens is 274 g/mol. The van der Waals surface area contributed by atoms with Gasteiger partial charge in [-0.15, -0.1) is 0 Å². The Morgan fingerprint density at radius 2 is 2.00 bits per heavy atom. The topological polar surface area (TPSA) is 32.7 Å². The van der Waals surface area contributed by atoms with Crippen molar-refractivity contribution in [3.05, 3.63) is 28.3 Å². The van der Waals surface area contributed by atoms with Crippen molar-refractivity contribution in [3.63, 3.8) is 0 Å². The van der Waals surface area contributed by atoms with Crippen LogP contribution in [0.25, 0.3) is 0 Å². The van der Waals surface area contributed by atoms with Crippen molar-refractivity contribution in [1.82, 2.24) is 4.90 Å². The predicted octanol–water partition coefficient (Wildman–Crippen LogP) is 3.67. The molecular formula is C16H26ClNO2. The molecule has 1 rings (SSSR count). The number of benzene rings is 1. The molecule has 0 aliphatic rings. The molecule has 4 heteroatoms. The summed E-state index contributed by atoms with van der Waals surface area (Å²) in [5.41, 5.74) is 2.05. The molecule has 0 amide bonds. The van der Waals surface area contributed by atoms with E-state index in [2.05, 4.69) is 11.8 Å². The Kier molecular flexibility index (Phi) is 6.80. The van der Waals surface area contributed by atoms with E-state index in [-0.39, 0.29) is 18.6 Å². The van der Waals surface area contributed by atoms with Crippen molar-refractivity contribution in [2.45, 2.75) is 33.2 Å². The SMILES string of the molecule is CCCOc1cc(C)c(Cl)cc1C(C(C)CO)N(C)C. The number of aliphatic hydroxyl groups is 1. The number of ether oxygens (including phenoxy) is 1. The van der Waals surface area contributed by atoms with Crippen LogP contribution in [0.5, 0.6) is 5.75 Å². The molecule has 0 radical (unpaired) electrons. The highest BCUT2D eigenvalue weighted by atomic mass is 35.5. The third-order valence-corrected chi connectivity index (χ3v) is 3.86. The molecule has 20 heavy (non-hydrogen) atoms. The highest BCUT2D eigenvalue weighted by molar-refractivity contribution is 6.31. The third-order valence-electron chi connectivity index (χ3n) is 3.45. The molecule has 0 heterocycles. The molecule has 1 aromatic rings. The number of hydrogen-bond donors (Lipinski definition) is 1. The number of hydrogen-bond acceptors (Lipinski definition) is 3. The molecule has 0 fully saturated rings. The third kappa shape index (κ3) is 4.11. The predicted molar refractivity (Wildman–Crippen MR) is 84.7 cm³/mol. The van der Waals surface area contributed by atoms with E-state index < -0.39 is 0 Å². The van der Waals surface area contributed by atoms with Gasteiger partial charge in [0.25, 0.3) is 0 Å². The molecule has 0 spiro atoms. The van der Waals surface area contributed by atoms with Gasteiger partial charge >= 0.3 is 0 Å². The summed E-state index contributed by atoms with van der Waals surface area (Å²) in [6, 6.07) is 4.04. The van der Waals surface area contributed by atoms with E-state index in [9.17, 15) is 5.11 Å². The molecule has 2 atom stereocenters. The molecule has 114 valence electrons. The summed E-state index contributed by atoms with van der Waals surface area (Å²) in [5, 5.41) is 10.2. The van der Waals surface area contributed by atoms with Crippen LogP contribution in [-0.2, 0) is 0 Å². The molecule has 1 N–H and O–H groups in total. The molecule has 2 unspecified atom stereocenters. The van der Waals surface area contributed by atoms with Gasteiger partial charge in [-0.2, -0.15) is 0 Å². The van der Waals surface area contributed by atoms with E-state index >= 15 is 0 Å². The van der Waals surface area contributed by atoms with Crippen molar-refractivity contribution < 1.29 is 9.84 Å². The lowest BCUT2D eigenvalue weighted by atomic mass is 9.92. The zero-order chi connectivity index (χ0) is 15.3. The largest absolute Gasteiger partial charge is 0.493 e. The van der Waals surface area contributed by atoms with Crippen molar-refractivity contribution in [3.8, 4) is 5.75 Å². The lowest BCUT2D eigenvalue weighted by Gasteiger charge is -2.31. The second-order valence-electron chi connectivity index (χ2n) is 5.56. The molecule has 0 saturated heterocycles. The summed E-state index contributed by atoms with van der Waals surface area (Å²) in [7, 11) is 4.02. The lowest BCUT2D eigenvalue weighted by Crippen LogP contribution is -2.28. The Labute approximate surface area is 127 Å². The normalized spacial score (nSPS) is 14.4. The minimum absolute atomic E-state index is 0.0740. The molecule has 0 bridgehead atoms. The van der Waals surface area contributed by atoms with E-state index in [1.807, 2.05) is 40.1 Å². The van der Waals surface area contributed by atoms with E-state index in [1.165, 1.54) is 0 Å². The van der Waals surface area contributed by atoms with Crippen molar-refractivity contribution >= 4 is 11.6 Å². The quantitative estimate of drug-likeness (QED) is 0.834. The Morgan fingerprint density at radius 1 is 1.35 bits per heavy atom. The fourth-order valence-corrected chi connectivity index (χ4v) is 2.60. The van der Waals surface area contributed by atoms with Crippen LogP contribution in [0, 0.1) is 12.8 Å². The van der Waals surface area contributed by atoms with Crippen LogP contribution >= 0.6 is 11.6 Å². The number of nitrogens with zero attached hydrogens (tertiary/aromatic N) is 1. The minimum Gasteiger partial charge on any atom is -0.493 e. The Hall–Kier alpha value is -0.770. The van der Waals surface area contributed by atoms with Gasteiger partial charge in [0.1, 0.15) is 5.75 Å². The summed E-state index contributed by atoms with van der Waals surface area (Å²) < 4.78 is 5.88. The zero-order valence-corrected chi connectivity index (χ0v) is 13.9. The molecule has 0 aliphatic heterocycles. The molecule has 0 aromatic heterocycles. The first-order chi connectivity index (χ1) is 9.42. The van der Waals surface area contributed by atoms with Crippen LogP contribution in [0.3, 0.4) is 0 Å². The summed E-state index contributed by atoms with van der Waals surface area (Å²) in [4.78, 5) is 2.10. The smallest absolute Gasteiger partial charge is 0.124 e. The van der Waals surface area contributed by atoms with E-state index in [0.717, 1.165) is 28.3 Å². The number of rotatable bonds is 7. The van der Waals surface area contributed by atoms with Crippen LogP contribution in [0.4, 0.5) is 0 Å². The Balaban J connectivity index is 3.26. The van der Waals surface area contributed by atoms with Gasteiger partial charge in [0.05, 0.1) is 6.61 Å². The van der Waals surface area contributed by atoms with E-state index in [1.54, 1.807) is 0 Å². The zero-order valence-electron chi connectivity index (χ0n) is 13.1. The maximum atomic E-state index is 9.51. The van der Waals surface area contributed by atoms with E-state index in [0.29, 0.717) is 6.61 Å². The van der Waals surface area contributed by atoms with Gasteiger partial charge in [0.15, 0.2) is 0 Å².